The Kier molecular flexibility index (Phi) is 1.73. The number of hydrogen-bond acceptors (Lipinski definition) is 2. The van der Waals surface area contributed by atoms with E-state index in [1.54, 1.807) is 0 Å². The largest absolute Gasteiger partial charge is 0.459 e. The quantitative estimate of drug-likeness (QED) is 0.538. The molecule has 2 unspecified atom stereocenters. The summed E-state index contributed by atoms with van der Waals surface area (Å²) < 4.78 is 5.52. The van der Waals surface area contributed by atoms with Gasteiger partial charge in [-0.2, -0.15) is 0 Å². The molecule has 0 amide bonds. The molecule has 0 aromatic carbocycles. The van der Waals surface area contributed by atoms with Crippen molar-refractivity contribution in [2.75, 3.05) is 0 Å². The van der Waals surface area contributed by atoms with E-state index in [-0.39, 0.29) is 11.6 Å². The molecule has 2 atom stereocenters. The SMILES string of the molecule is CC1CC(C)(C)CC12CCC(=O)O2. The van der Waals surface area contributed by atoms with Crippen molar-refractivity contribution in [3.63, 3.8) is 0 Å². The Morgan fingerprint density at radius 3 is 2.54 bits per heavy atom. The molecule has 1 spiro atoms. The van der Waals surface area contributed by atoms with E-state index in [0.717, 1.165) is 12.8 Å². The van der Waals surface area contributed by atoms with Gasteiger partial charge in [0.05, 0.1) is 0 Å². The van der Waals surface area contributed by atoms with Crippen LogP contribution in [0.1, 0.15) is 46.5 Å². The topological polar surface area (TPSA) is 26.3 Å². The standard InChI is InChI=1S/C11H18O2/c1-8-6-10(2,3)7-11(8)5-4-9(12)13-11/h8H,4-7H2,1-3H3. The first-order chi connectivity index (χ1) is 5.94. The summed E-state index contributed by atoms with van der Waals surface area (Å²) in [6.07, 6.45) is 3.80. The summed E-state index contributed by atoms with van der Waals surface area (Å²) in [7, 11) is 0. The van der Waals surface area contributed by atoms with Crippen LogP contribution in [0.5, 0.6) is 0 Å². The minimum atomic E-state index is -0.0966. The van der Waals surface area contributed by atoms with E-state index in [2.05, 4.69) is 20.8 Å². The third-order valence-corrected chi connectivity index (χ3v) is 3.60. The van der Waals surface area contributed by atoms with E-state index >= 15 is 0 Å². The van der Waals surface area contributed by atoms with Gasteiger partial charge in [0.1, 0.15) is 5.60 Å². The van der Waals surface area contributed by atoms with E-state index in [0.29, 0.717) is 17.8 Å². The predicted molar refractivity (Wildman–Crippen MR) is 50.2 cm³/mol. The van der Waals surface area contributed by atoms with Crippen LogP contribution in [-0.2, 0) is 9.53 Å². The fourth-order valence-electron chi connectivity index (χ4n) is 3.19. The monoisotopic (exact) mass is 182 g/mol. The maximum Gasteiger partial charge on any atom is 0.306 e. The average Bonchev–Trinajstić information content (AvgIpc) is 2.39. The Morgan fingerprint density at radius 2 is 2.15 bits per heavy atom. The zero-order chi connectivity index (χ0) is 9.69. The lowest BCUT2D eigenvalue weighted by Gasteiger charge is -2.27. The third-order valence-electron chi connectivity index (χ3n) is 3.60. The summed E-state index contributed by atoms with van der Waals surface area (Å²) in [5.41, 5.74) is 0.255. The summed E-state index contributed by atoms with van der Waals surface area (Å²) in [5, 5.41) is 0. The molecule has 74 valence electrons. The van der Waals surface area contributed by atoms with Gasteiger partial charge in [-0.25, -0.2) is 0 Å². The van der Waals surface area contributed by atoms with Crippen LogP contribution in [0.15, 0.2) is 0 Å². The summed E-state index contributed by atoms with van der Waals surface area (Å²) in [4.78, 5) is 11.1. The molecule has 2 rings (SSSR count). The van der Waals surface area contributed by atoms with E-state index in [9.17, 15) is 4.79 Å². The molecule has 1 saturated carbocycles. The van der Waals surface area contributed by atoms with Crippen LogP contribution in [0, 0.1) is 11.3 Å². The van der Waals surface area contributed by atoms with Gasteiger partial charge in [0, 0.05) is 6.42 Å². The van der Waals surface area contributed by atoms with Crippen molar-refractivity contribution in [2.45, 2.75) is 52.1 Å². The van der Waals surface area contributed by atoms with Crippen molar-refractivity contribution in [3.05, 3.63) is 0 Å². The number of rotatable bonds is 0. The summed E-state index contributed by atoms with van der Waals surface area (Å²) in [5.74, 6) is 0.540. The molecular weight excluding hydrogens is 164 g/mol. The zero-order valence-corrected chi connectivity index (χ0v) is 8.72. The van der Waals surface area contributed by atoms with Crippen molar-refractivity contribution in [1.29, 1.82) is 0 Å². The van der Waals surface area contributed by atoms with Crippen molar-refractivity contribution in [3.8, 4) is 0 Å². The highest BCUT2D eigenvalue weighted by Gasteiger charge is 2.53. The van der Waals surface area contributed by atoms with Gasteiger partial charge in [0.15, 0.2) is 0 Å². The number of carbonyl (C=O) groups excluding carboxylic acids is 1. The lowest BCUT2D eigenvalue weighted by molar-refractivity contribution is -0.151. The highest BCUT2D eigenvalue weighted by molar-refractivity contribution is 5.72. The van der Waals surface area contributed by atoms with Gasteiger partial charge >= 0.3 is 5.97 Å². The van der Waals surface area contributed by atoms with Crippen molar-refractivity contribution >= 4 is 5.97 Å². The summed E-state index contributed by atoms with van der Waals surface area (Å²) in [6.45, 7) is 6.75. The third kappa shape index (κ3) is 1.36. The first kappa shape index (κ1) is 9.04. The number of hydrogen-bond donors (Lipinski definition) is 0. The zero-order valence-electron chi connectivity index (χ0n) is 8.72. The summed E-state index contributed by atoms with van der Waals surface area (Å²) in [6, 6.07) is 0. The fraction of sp³-hybridized carbons (Fsp3) is 0.909. The minimum Gasteiger partial charge on any atom is -0.459 e. The van der Waals surface area contributed by atoms with Gasteiger partial charge in [0.25, 0.3) is 0 Å². The van der Waals surface area contributed by atoms with Crippen molar-refractivity contribution in [1.82, 2.24) is 0 Å². The normalized spacial score (nSPS) is 42.7. The maximum atomic E-state index is 11.1. The minimum absolute atomic E-state index is 0.00421. The average molecular weight is 182 g/mol. The van der Waals surface area contributed by atoms with Crippen molar-refractivity contribution < 1.29 is 9.53 Å². The lowest BCUT2D eigenvalue weighted by atomic mass is 9.87. The van der Waals surface area contributed by atoms with E-state index in [1.807, 2.05) is 0 Å². The molecule has 2 fully saturated rings. The first-order valence-electron chi connectivity index (χ1n) is 5.15. The second-order valence-corrected chi connectivity index (χ2v) is 5.49. The molecule has 2 aliphatic rings. The van der Waals surface area contributed by atoms with Gasteiger partial charge in [-0.05, 0) is 30.6 Å². The molecule has 2 nitrogen and oxygen atoms in total. The van der Waals surface area contributed by atoms with E-state index < -0.39 is 0 Å². The van der Waals surface area contributed by atoms with E-state index in [4.69, 9.17) is 4.74 Å². The Balaban J connectivity index is 2.20. The molecule has 13 heavy (non-hydrogen) atoms. The highest BCUT2D eigenvalue weighted by Crippen LogP contribution is 2.53. The van der Waals surface area contributed by atoms with Crippen LogP contribution in [-0.4, -0.2) is 11.6 Å². The maximum absolute atomic E-state index is 11.1. The van der Waals surface area contributed by atoms with Gasteiger partial charge < -0.3 is 4.74 Å². The van der Waals surface area contributed by atoms with Gasteiger partial charge in [0.2, 0.25) is 0 Å². The number of carbonyl (C=O) groups is 1. The second kappa shape index (κ2) is 2.49. The first-order valence-corrected chi connectivity index (χ1v) is 5.15. The molecule has 0 N–H and O–H groups in total. The molecule has 1 aliphatic carbocycles. The smallest absolute Gasteiger partial charge is 0.306 e. The Morgan fingerprint density at radius 1 is 1.46 bits per heavy atom. The molecule has 2 heteroatoms. The van der Waals surface area contributed by atoms with Crippen LogP contribution < -0.4 is 0 Å². The Hall–Kier alpha value is -0.530. The van der Waals surface area contributed by atoms with Gasteiger partial charge in [-0.1, -0.05) is 20.8 Å². The van der Waals surface area contributed by atoms with Crippen LogP contribution in [0.3, 0.4) is 0 Å². The second-order valence-electron chi connectivity index (χ2n) is 5.49. The molecular formula is C11H18O2. The number of ether oxygens (including phenoxy) is 1. The lowest BCUT2D eigenvalue weighted by Crippen LogP contribution is -2.31. The fourth-order valence-corrected chi connectivity index (χ4v) is 3.19. The van der Waals surface area contributed by atoms with Crippen molar-refractivity contribution in [2.24, 2.45) is 11.3 Å². The van der Waals surface area contributed by atoms with Crippen LogP contribution >= 0.6 is 0 Å². The number of esters is 1. The molecule has 0 aromatic heterocycles. The molecule has 0 bridgehead atoms. The molecule has 1 heterocycles. The van der Waals surface area contributed by atoms with Crippen LogP contribution in [0.4, 0.5) is 0 Å². The van der Waals surface area contributed by atoms with Crippen LogP contribution in [0.25, 0.3) is 0 Å². The van der Waals surface area contributed by atoms with Gasteiger partial charge in [-0.3, -0.25) is 4.79 Å². The molecule has 1 aliphatic heterocycles. The van der Waals surface area contributed by atoms with Crippen LogP contribution in [0.2, 0.25) is 0 Å². The van der Waals surface area contributed by atoms with Gasteiger partial charge in [-0.15, -0.1) is 0 Å². The summed E-state index contributed by atoms with van der Waals surface area (Å²) >= 11 is 0. The Bertz CT molecular complexity index is 244. The molecule has 1 saturated heterocycles. The molecule has 0 radical (unpaired) electrons. The predicted octanol–water partition coefficient (Wildman–Crippen LogP) is 2.52. The van der Waals surface area contributed by atoms with E-state index in [1.165, 1.54) is 6.42 Å². The highest BCUT2D eigenvalue weighted by atomic mass is 16.6. The molecule has 0 aromatic rings. The Labute approximate surface area is 79.7 Å².